The van der Waals surface area contributed by atoms with E-state index in [0.29, 0.717) is 11.3 Å². The molecule has 48 heavy (non-hydrogen) atoms. The van der Waals surface area contributed by atoms with E-state index in [-0.39, 0.29) is 43.0 Å². The fourth-order valence-corrected chi connectivity index (χ4v) is 4.07. The molecule has 0 spiro atoms. The molecule has 3 amide bonds. The number of benzene rings is 1. The zero-order valence-electron chi connectivity index (χ0n) is 28.6. The number of thiazole rings is 1. The van der Waals surface area contributed by atoms with Crippen molar-refractivity contribution >= 4 is 52.3 Å². The molecule has 17 heteroatoms. The van der Waals surface area contributed by atoms with Crippen LogP contribution >= 0.6 is 11.3 Å². The van der Waals surface area contributed by atoms with E-state index in [2.05, 4.69) is 20.8 Å². The number of nitrogens with one attached hydrogen (secondary N) is 3. The lowest BCUT2D eigenvalue weighted by atomic mass is 10.2. The molecule has 0 saturated heterocycles. The molecule has 2 rings (SSSR count). The normalized spacial score (nSPS) is 12.0. The van der Waals surface area contributed by atoms with E-state index < -0.39 is 46.8 Å². The molecule has 0 saturated carbocycles. The number of oxime groups is 1. The smallest absolute Gasteiger partial charge is 0.416 e. The number of aromatic nitrogens is 1. The number of alkyl carbamates (subject to hydrolysis) is 1. The maximum atomic E-state index is 12.9. The van der Waals surface area contributed by atoms with Gasteiger partial charge in [-0.25, -0.2) is 24.2 Å². The molecule has 1 aromatic carbocycles. The fourth-order valence-electron chi connectivity index (χ4n) is 3.39. The van der Waals surface area contributed by atoms with Crippen molar-refractivity contribution in [1.29, 1.82) is 5.41 Å². The minimum Gasteiger partial charge on any atom is -0.490 e. The van der Waals surface area contributed by atoms with E-state index in [0.717, 1.165) is 16.2 Å². The standard InChI is InChI=1S/C31H44N6O10S/c1-29(2,3)45-26(40)33-14-15-37(28(42)47-31(7,8)9)23(32)19-10-12-20(13-11-19)43-16-17-44-36-22(24(38)39)21-18-48-25(34-21)35-27(41)46-30(4,5)6/h10-13,18,32H,14-17H2,1-9H3,(H,33,40)(H,38,39)(H,34,35,41). The number of rotatable bonds is 12. The van der Waals surface area contributed by atoms with Crippen LogP contribution in [0.5, 0.6) is 5.75 Å². The summed E-state index contributed by atoms with van der Waals surface area (Å²) in [5.41, 5.74) is -2.33. The van der Waals surface area contributed by atoms with Crippen LogP contribution in [0.1, 0.15) is 73.6 Å². The second kappa shape index (κ2) is 16.8. The molecule has 264 valence electrons. The number of hydrogen-bond donors (Lipinski definition) is 4. The monoisotopic (exact) mass is 692 g/mol. The van der Waals surface area contributed by atoms with Crippen LogP contribution in [-0.4, -0.2) is 93.9 Å². The highest BCUT2D eigenvalue weighted by Gasteiger charge is 2.27. The summed E-state index contributed by atoms with van der Waals surface area (Å²) in [5, 5.41) is 28.4. The van der Waals surface area contributed by atoms with Crippen LogP contribution in [0.3, 0.4) is 0 Å². The van der Waals surface area contributed by atoms with E-state index in [4.69, 9.17) is 29.2 Å². The molecule has 2 aromatic rings. The summed E-state index contributed by atoms with van der Waals surface area (Å²) in [4.78, 5) is 58.9. The third kappa shape index (κ3) is 14.7. The minimum absolute atomic E-state index is 0.00389. The van der Waals surface area contributed by atoms with Gasteiger partial charge in [0.15, 0.2) is 11.7 Å². The van der Waals surface area contributed by atoms with Crippen molar-refractivity contribution in [2.75, 3.05) is 31.6 Å². The summed E-state index contributed by atoms with van der Waals surface area (Å²) >= 11 is 0.993. The second-order valence-electron chi connectivity index (χ2n) is 13.0. The Morgan fingerprint density at radius 3 is 2.04 bits per heavy atom. The summed E-state index contributed by atoms with van der Waals surface area (Å²) in [6, 6.07) is 6.30. The van der Waals surface area contributed by atoms with Crippen molar-refractivity contribution in [3.8, 4) is 5.75 Å². The molecule has 0 fully saturated rings. The van der Waals surface area contributed by atoms with Crippen LogP contribution in [0.15, 0.2) is 34.8 Å². The SMILES string of the molecule is CC(C)(C)OC(=O)NCCN(C(=N)c1ccc(OCCON=C(C(=O)O)c2csc(NC(=O)OC(C)(C)C)n2)cc1)C(=O)OC(C)(C)C. The second-order valence-corrected chi connectivity index (χ2v) is 13.9. The minimum atomic E-state index is -1.39. The van der Waals surface area contributed by atoms with Gasteiger partial charge in [-0.05, 0) is 86.6 Å². The highest BCUT2D eigenvalue weighted by Crippen LogP contribution is 2.19. The first kappa shape index (κ1) is 39.2. The van der Waals surface area contributed by atoms with Gasteiger partial charge in [0.2, 0.25) is 5.71 Å². The van der Waals surface area contributed by atoms with Crippen molar-refractivity contribution in [3.63, 3.8) is 0 Å². The molecule has 0 aliphatic rings. The Balaban J connectivity index is 1.97. The molecule has 1 heterocycles. The summed E-state index contributed by atoms with van der Waals surface area (Å²) < 4.78 is 21.5. The molecule has 1 aromatic heterocycles. The molecule has 0 bridgehead atoms. The van der Waals surface area contributed by atoms with Gasteiger partial charge in [-0.3, -0.25) is 15.6 Å². The van der Waals surface area contributed by atoms with Gasteiger partial charge in [0.25, 0.3) is 0 Å². The first-order valence-corrected chi connectivity index (χ1v) is 15.7. The number of aliphatic carboxylic acids is 1. The molecule has 0 radical (unpaired) electrons. The lowest BCUT2D eigenvalue weighted by Gasteiger charge is -2.28. The summed E-state index contributed by atoms with van der Waals surface area (Å²) in [7, 11) is 0. The molecule has 0 unspecified atom stereocenters. The lowest BCUT2D eigenvalue weighted by Crippen LogP contribution is -2.45. The number of carbonyl (C=O) groups is 4. The predicted molar refractivity (Wildman–Crippen MR) is 178 cm³/mol. The average molecular weight is 693 g/mol. The topological polar surface area (TPSA) is 211 Å². The maximum Gasteiger partial charge on any atom is 0.416 e. The Morgan fingerprint density at radius 2 is 1.48 bits per heavy atom. The Morgan fingerprint density at radius 1 is 0.896 bits per heavy atom. The van der Waals surface area contributed by atoms with E-state index >= 15 is 0 Å². The van der Waals surface area contributed by atoms with Crippen LogP contribution in [0.4, 0.5) is 19.5 Å². The van der Waals surface area contributed by atoms with Crippen molar-refractivity contribution in [2.24, 2.45) is 5.16 Å². The van der Waals surface area contributed by atoms with Gasteiger partial charge in [-0.1, -0.05) is 5.16 Å². The van der Waals surface area contributed by atoms with Gasteiger partial charge < -0.3 is 34.2 Å². The Labute approximate surface area is 283 Å². The first-order valence-electron chi connectivity index (χ1n) is 14.8. The predicted octanol–water partition coefficient (Wildman–Crippen LogP) is 5.46. The van der Waals surface area contributed by atoms with Crippen LogP contribution < -0.4 is 15.4 Å². The van der Waals surface area contributed by atoms with Crippen LogP contribution in [-0.2, 0) is 23.8 Å². The van der Waals surface area contributed by atoms with Gasteiger partial charge in [-0.2, -0.15) is 0 Å². The van der Waals surface area contributed by atoms with E-state index in [9.17, 15) is 24.3 Å². The number of carbonyl (C=O) groups excluding carboxylic acids is 3. The third-order valence-electron chi connectivity index (χ3n) is 5.17. The molecule has 0 aliphatic heterocycles. The van der Waals surface area contributed by atoms with Gasteiger partial charge in [0.05, 0.1) is 0 Å². The summed E-state index contributed by atoms with van der Waals surface area (Å²) in [6.45, 7) is 15.3. The zero-order valence-corrected chi connectivity index (χ0v) is 29.4. The number of amidine groups is 1. The molecular weight excluding hydrogens is 648 g/mol. The number of carboxylic acid groups (broad SMARTS) is 1. The van der Waals surface area contributed by atoms with Crippen LogP contribution in [0.2, 0.25) is 0 Å². The number of hydrogen-bond acceptors (Lipinski definition) is 13. The van der Waals surface area contributed by atoms with Crippen LogP contribution in [0, 0.1) is 5.41 Å². The van der Waals surface area contributed by atoms with E-state index in [1.165, 1.54) is 5.38 Å². The molecular formula is C31H44N6O10S. The highest BCUT2D eigenvalue weighted by atomic mass is 32.1. The first-order chi connectivity index (χ1) is 22.1. The van der Waals surface area contributed by atoms with Crippen LogP contribution in [0.25, 0.3) is 0 Å². The van der Waals surface area contributed by atoms with E-state index in [1.54, 1.807) is 86.6 Å². The zero-order chi connectivity index (χ0) is 36.3. The molecule has 0 atom stereocenters. The Bertz CT molecular complexity index is 1470. The van der Waals surface area contributed by atoms with Crippen molar-refractivity contribution in [2.45, 2.75) is 79.1 Å². The molecule has 4 N–H and O–H groups in total. The number of anilines is 1. The lowest BCUT2D eigenvalue weighted by molar-refractivity contribution is -0.129. The van der Waals surface area contributed by atoms with Crippen molar-refractivity contribution in [3.05, 3.63) is 40.9 Å². The fraction of sp³-hybridized carbons (Fsp3) is 0.516. The Kier molecular flexibility index (Phi) is 13.7. The third-order valence-corrected chi connectivity index (χ3v) is 5.93. The van der Waals surface area contributed by atoms with Gasteiger partial charge in [0, 0.05) is 24.0 Å². The number of nitrogens with zero attached hydrogens (tertiary/aromatic N) is 3. The van der Waals surface area contributed by atoms with Gasteiger partial charge >= 0.3 is 24.2 Å². The van der Waals surface area contributed by atoms with Crippen molar-refractivity contribution in [1.82, 2.24) is 15.2 Å². The Hall–Kier alpha value is -4.93. The summed E-state index contributed by atoms with van der Waals surface area (Å²) in [5.74, 6) is -1.14. The van der Waals surface area contributed by atoms with E-state index in [1.807, 2.05) is 0 Å². The van der Waals surface area contributed by atoms with Crippen molar-refractivity contribution < 1.29 is 48.1 Å². The molecule has 0 aliphatic carbocycles. The largest absolute Gasteiger partial charge is 0.490 e. The number of amides is 3. The quantitative estimate of drug-likeness (QED) is 0.0721. The maximum absolute atomic E-state index is 12.9. The average Bonchev–Trinajstić information content (AvgIpc) is 3.37. The van der Waals surface area contributed by atoms with Gasteiger partial charge in [0.1, 0.15) is 40.7 Å². The van der Waals surface area contributed by atoms with Gasteiger partial charge in [-0.15, -0.1) is 11.3 Å². The summed E-state index contributed by atoms with van der Waals surface area (Å²) in [6.07, 6.45) is -2.15. The number of carboxylic acids is 1. The number of ether oxygens (including phenoxy) is 4. The highest BCUT2D eigenvalue weighted by molar-refractivity contribution is 7.14. The molecule has 16 nitrogen and oxygen atoms in total.